The Kier molecular flexibility index (Phi) is 3.69. The van der Waals surface area contributed by atoms with Crippen molar-refractivity contribution in [3.05, 3.63) is 53.7 Å². The summed E-state index contributed by atoms with van der Waals surface area (Å²) in [4.78, 5) is 24.3. The van der Waals surface area contributed by atoms with Crippen LogP contribution in [0.1, 0.15) is 5.56 Å². The highest BCUT2D eigenvalue weighted by atomic mass is 32.2. The number of rotatable bonds is 3. The summed E-state index contributed by atoms with van der Waals surface area (Å²) in [5.74, 6) is -2.30. The minimum Gasteiger partial charge on any atom is -0.392 e. The number of sulfonamides is 1. The summed E-state index contributed by atoms with van der Waals surface area (Å²) in [6.07, 6.45) is 3.47. The van der Waals surface area contributed by atoms with Gasteiger partial charge >= 0.3 is 0 Å². The summed E-state index contributed by atoms with van der Waals surface area (Å²) in [6.45, 7) is -0.484. The van der Waals surface area contributed by atoms with E-state index in [1.807, 2.05) is 0 Å². The van der Waals surface area contributed by atoms with E-state index in [0.29, 0.717) is 11.1 Å². The van der Waals surface area contributed by atoms with Crippen molar-refractivity contribution in [2.45, 2.75) is 6.04 Å². The van der Waals surface area contributed by atoms with Crippen LogP contribution < -0.4 is 0 Å². The van der Waals surface area contributed by atoms with E-state index in [1.165, 1.54) is 6.20 Å². The van der Waals surface area contributed by atoms with Crippen molar-refractivity contribution in [1.82, 2.24) is 4.31 Å². The molecule has 120 valence electrons. The number of hydrogen-bond acceptors (Lipinski definition) is 5. The van der Waals surface area contributed by atoms with E-state index < -0.39 is 40.2 Å². The van der Waals surface area contributed by atoms with Crippen LogP contribution in [0.25, 0.3) is 5.57 Å². The molecule has 6 nitrogen and oxygen atoms in total. The number of Topliss-reactive ketones (excluding diaryl/α,β-unsaturated/α-hetero) is 1. The standard InChI is InChI=1S/C16H15NO5S/c1-23(21,22)17-8-12(10-5-3-2-4-6-10)14-15(17)11(9-18)7-13(19)16(14)20/h2-8,14-15,18H,9H2,1H3. The second-order valence-corrected chi connectivity index (χ2v) is 7.46. The van der Waals surface area contributed by atoms with Gasteiger partial charge in [-0.1, -0.05) is 30.3 Å². The van der Waals surface area contributed by atoms with Crippen LogP contribution in [0.4, 0.5) is 0 Å². The first-order chi connectivity index (χ1) is 10.8. The maximum Gasteiger partial charge on any atom is 0.232 e. The van der Waals surface area contributed by atoms with Crippen LogP contribution >= 0.6 is 0 Å². The van der Waals surface area contributed by atoms with Crippen LogP contribution in [-0.4, -0.2) is 48.3 Å². The van der Waals surface area contributed by atoms with Crippen molar-refractivity contribution in [2.75, 3.05) is 12.9 Å². The number of fused-ring (bicyclic) bond motifs is 1. The fourth-order valence-corrected chi connectivity index (χ4v) is 4.06. The average Bonchev–Trinajstić information content (AvgIpc) is 2.92. The Labute approximate surface area is 133 Å². The van der Waals surface area contributed by atoms with Gasteiger partial charge in [0.05, 0.1) is 24.8 Å². The second-order valence-electron chi connectivity index (χ2n) is 5.57. The molecule has 1 aromatic carbocycles. The Hall–Kier alpha value is -2.25. The van der Waals surface area contributed by atoms with E-state index in [0.717, 1.165) is 16.6 Å². The molecule has 23 heavy (non-hydrogen) atoms. The van der Waals surface area contributed by atoms with Gasteiger partial charge in [0.25, 0.3) is 0 Å². The molecule has 1 aliphatic heterocycles. The zero-order valence-electron chi connectivity index (χ0n) is 12.3. The molecule has 0 saturated heterocycles. The van der Waals surface area contributed by atoms with Gasteiger partial charge in [-0.2, -0.15) is 0 Å². The van der Waals surface area contributed by atoms with Gasteiger partial charge in [0, 0.05) is 6.20 Å². The van der Waals surface area contributed by atoms with E-state index in [9.17, 15) is 23.1 Å². The van der Waals surface area contributed by atoms with Crippen molar-refractivity contribution >= 4 is 27.2 Å². The quantitative estimate of drug-likeness (QED) is 0.806. The van der Waals surface area contributed by atoms with Gasteiger partial charge in [0.2, 0.25) is 21.6 Å². The molecule has 0 saturated carbocycles. The first kappa shape index (κ1) is 15.6. The van der Waals surface area contributed by atoms with Crippen molar-refractivity contribution in [1.29, 1.82) is 0 Å². The van der Waals surface area contributed by atoms with Crippen molar-refractivity contribution < 1.29 is 23.1 Å². The van der Waals surface area contributed by atoms with Crippen LogP contribution in [-0.2, 0) is 19.6 Å². The lowest BCUT2D eigenvalue weighted by Crippen LogP contribution is -2.45. The summed E-state index contributed by atoms with van der Waals surface area (Å²) in [5.41, 5.74) is 1.37. The molecular formula is C16H15NO5S. The number of hydrogen-bond donors (Lipinski definition) is 1. The molecule has 1 aliphatic carbocycles. The van der Waals surface area contributed by atoms with Gasteiger partial charge in [0.15, 0.2) is 0 Å². The molecule has 2 atom stereocenters. The van der Waals surface area contributed by atoms with Crippen LogP contribution in [0, 0.1) is 5.92 Å². The topological polar surface area (TPSA) is 91.8 Å². The normalized spacial score (nSPS) is 24.3. The predicted octanol–water partition coefficient (Wildman–Crippen LogP) is 0.358. The van der Waals surface area contributed by atoms with Crippen LogP contribution in [0.2, 0.25) is 0 Å². The molecule has 0 spiro atoms. The lowest BCUT2D eigenvalue weighted by Gasteiger charge is -2.31. The van der Waals surface area contributed by atoms with Crippen molar-refractivity contribution in [3.63, 3.8) is 0 Å². The Morgan fingerprint density at radius 3 is 2.39 bits per heavy atom. The monoisotopic (exact) mass is 333 g/mol. The van der Waals surface area contributed by atoms with Crippen molar-refractivity contribution in [3.8, 4) is 0 Å². The molecule has 2 aliphatic rings. The largest absolute Gasteiger partial charge is 0.392 e. The SMILES string of the molecule is CS(=O)(=O)N1C=C(c2ccccc2)C2C(=O)C(=O)C=C(CO)C21. The minimum atomic E-state index is -3.66. The number of aliphatic hydroxyl groups excluding tert-OH is 1. The third-order valence-electron chi connectivity index (χ3n) is 4.09. The molecule has 0 bridgehead atoms. The zero-order valence-corrected chi connectivity index (χ0v) is 13.2. The summed E-state index contributed by atoms with van der Waals surface area (Å²) in [7, 11) is -3.66. The van der Waals surface area contributed by atoms with E-state index in [1.54, 1.807) is 30.3 Å². The highest BCUT2D eigenvalue weighted by Gasteiger charge is 2.49. The van der Waals surface area contributed by atoms with Crippen LogP contribution in [0.3, 0.4) is 0 Å². The smallest absolute Gasteiger partial charge is 0.232 e. The number of ketones is 2. The highest BCUT2D eigenvalue weighted by Crippen LogP contribution is 2.42. The summed E-state index contributed by atoms with van der Waals surface area (Å²) >= 11 is 0. The Balaban J connectivity index is 2.21. The Bertz CT molecular complexity index is 838. The van der Waals surface area contributed by atoms with Crippen LogP contribution in [0.15, 0.2) is 48.2 Å². The van der Waals surface area contributed by atoms with Gasteiger partial charge in [-0.3, -0.25) is 13.9 Å². The Morgan fingerprint density at radius 1 is 1.17 bits per heavy atom. The first-order valence-electron chi connectivity index (χ1n) is 6.99. The van der Waals surface area contributed by atoms with Gasteiger partial charge in [0.1, 0.15) is 0 Å². The molecule has 2 unspecified atom stereocenters. The van der Waals surface area contributed by atoms with Gasteiger partial charge in [-0.05, 0) is 22.8 Å². The molecule has 1 aromatic rings. The molecule has 3 rings (SSSR count). The number of nitrogens with zero attached hydrogens (tertiary/aromatic N) is 1. The van der Waals surface area contributed by atoms with Gasteiger partial charge in [-0.25, -0.2) is 8.42 Å². The molecule has 0 fully saturated rings. The lowest BCUT2D eigenvalue weighted by molar-refractivity contribution is -0.136. The third-order valence-corrected chi connectivity index (χ3v) is 5.18. The third kappa shape index (κ3) is 2.51. The van der Waals surface area contributed by atoms with Gasteiger partial charge < -0.3 is 5.11 Å². The second kappa shape index (κ2) is 5.43. The number of carbonyl (C=O) groups is 2. The number of allylic oxidation sites excluding steroid dienone is 1. The molecule has 0 radical (unpaired) electrons. The molecule has 0 amide bonds. The van der Waals surface area contributed by atoms with E-state index in [4.69, 9.17) is 0 Å². The maximum atomic E-state index is 12.4. The zero-order chi connectivity index (χ0) is 16.8. The summed E-state index contributed by atoms with van der Waals surface area (Å²) < 4.78 is 25.2. The van der Waals surface area contributed by atoms with E-state index in [2.05, 4.69) is 0 Å². The fourth-order valence-electron chi connectivity index (χ4n) is 3.08. The summed E-state index contributed by atoms with van der Waals surface area (Å²) in [6, 6.07) is 7.97. The molecule has 0 aromatic heterocycles. The summed E-state index contributed by atoms with van der Waals surface area (Å²) in [5, 5.41) is 9.51. The van der Waals surface area contributed by atoms with E-state index >= 15 is 0 Å². The van der Waals surface area contributed by atoms with Gasteiger partial charge in [-0.15, -0.1) is 0 Å². The molecule has 1 N–H and O–H groups in total. The van der Waals surface area contributed by atoms with Crippen molar-refractivity contribution in [2.24, 2.45) is 5.92 Å². The van der Waals surface area contributed by atoms with E-state index in [-0.39, 0.29) is 5.57 Å². The highest BCUT2D eigenvalue weighted by molar-refractivity contribution is 7.88. The molecule has 7 heteroatoms. The number of carbonyl (C=O) groups excluding carboxylic acids is 2. The first-order valence-corrected chi connectivity index (χ1v) is 8.84. The minimum absolute atomic E-state index is 0.229. The predicted molar refractivity (Wildman–Crippen MR) is 83.6 cm³/mol. The fraction of sp³-hybridized carbons (Fsp3) is 0.250. The number of benzene rings is 1. The molecule has 1 heterocycles. The molecular weight excluding hydrogens is 318 g/mol. The maximum absolute atomic E-state index is 12.4. The Morgan fingerprint density at radius 2 is 1.83 bits per heavy atom. The number of aliphatic hydroxyl groups is 1. The lowest BCUT2D eigenvalue weighted by atomic mass is 9.78. The average molecular weight is 333 g/mol. The van der Waals surface area contributed by atoms with Crippen LogP contribution in [0.5, 0.6) is 0 Å².